The van der Waals surface area contributed by atoms with Crippen molar-refractivity contribution in [2.75, 3.05) is 6.54 Å². The van der Waals surface area contributed by atoms with E-state index in [0.29, 0.717) is 18.5 Å². The number of carbonyl (C=O) groups is 1. The van der Waals surface area contributed by atoms with Crippen LogP contribution in [0.5, 0.6) is 0 Å². The molecule has 1 aliphatic heterocycles. The molecule has 2 atom stereocenters. The number of nitrogens with zero attached hydrogens (tertiary/aromatic N) is 9. The molecule has 172 valence electrons. The van der Waals surface area contributed by atoms with Gasteiger partial charge >= 0.3 is 11.8 Å². The minimum atomic E-state index is -0.479. The van der Waals surface area contributed by atoms with Crippen LogP contribution in [0.4, 0.5) is 0 Å². The van der Waals surface area contributed by atoms with Gasteiger partial charge < -0.3 is 13.7 Å². The van der Waals surface area contributed by atoms with Crippen LogP contribution in [0.2, 0.25) is 0 Å². The molecule has 0 saturated heterocycles. The van der Waals surface area contributed by atoms with Gasteiger partial charge in [-0.3, -0.25) is 9.48 Å². The molecule has 11 nitrogen and oxygen atoms in total. The molecule has 0 aliphatic carbocycles. The molecular weight excluding hydrogens is 453 g/mol. The standard InChI is InChI=1S/C22H22N9O2P/c1-12-5-4-7-30-17(12)9-15(27-30)19-18-16(31(34)11-23-18)6-8-29(19)22(32)21-25-24-20(33-21)14-10-28(3)26-13(14)2/h4-5,7,9-11,19H,6,8,34H2,1-3H3/t19-/m1/s1. The summed E-state index contributed by atoms with van der Waals surface area (Å²) in [5.74, 6) is -0.166. The minimum Gasteiger partial charge on any atom is -0.412 e. The second kappa shape index (κ2) is 7.59. The van der Waals surface area contributed by atoms with E-state index < -0.39 is 6.04 Å². The molecule has 6 heterocycles. The van der Waals surface area contributed by atoms with Crippen LogP contribution in [0, 0.1) is 13.8 Å². The van der Waals surface area contributed by atoms with Gasteiger partial charge in [0.2, 0.25) is 0 Å². The number of fused-ring (bicyclic) bond motifs is 2. The number of hydrogen-bond acceptors (Lipinski definition) is 7. The SMILES string of the molecule is Cc1nn(C)cc1-c1nnc(C(=O)N2CCc3c(ncn3P)[C@H]2c2cc3c(C)cccn3n2)o1. The summed E-state index contributed by atoms with van der Waals surface area (Å²) in [5, 5.41) is 17.3. The fraction of sp³-hybridized carbons (Fsp3) is 0.273. The lowest BCUT2D eigenvalue weighted by atomic mass is 9.99. The molecule has 1 unspecified atom stereocenters. The van der Waals surface area contributed by atoms with Gasteiger partial charge in [0.25, 0.3) is 5.89 Å². The number of aromatic nitrogens is 8. The molecule has 0 bridgehead atoms. The van der Waals surface area contributed by atoms with Crippen LogP contribution in [0.25, 0.3) is 17.0 Å². The van der Waals surface area contributed by atoms with Gasteiger partial charge in [-0.25, -0.2) is 9.50 Å². The van der Waals surface area contributed by atoms with Gasteiger partial charge in [0, 0.05) is 38.1 Å². The van der Waals surface area contributed by atoms with E-state index in [2.05, 4.69) is 29.7 Å². The van der Waals surface area contributed by atoms with Crippen molar-refractivity contribution >= 4 is 20.8 Å². The Morgan fingerprint density at radius 3 is 2.85 bits per heavy atom. The number of amides is 1. The summed E-state index contributed by atoms with van der Waals surface area (Å²) in [4.78, 5) is 20.0. The molecule has 0 spiro atoms. The summed E-state index contributed by atoms with van der Waals surface area (Å²) in [6.45, 7) is 4.36. The monoisotopic (exact) mass is 475 g/mol. The number of aryl methyl sites for hydroxylation is 3. The van der Waals surface area contributed by atoms with Crippen LogP contribution < -0.4 is 0 Å². The van der Waals surface area contributed by atoms with Crippen molar-refractivity contribution in [3.8, 4) is 11.5 Å². The second-order valence-electron chi connectivity index (χ2n) is 8.44. The number of pyridine rings is 1. The molecule has 1 amide bonds. The molecule has 12 heteroatoms. The van der Waals surface area contributed by atoms with Crippen molar-refractivity contribution in [1.29, 1.82) is 0 Å². The number of imidazole rings is 1. The zero-order valence-corrected chi connectivity index (χ0v) is 20.0. The largest absolute Gasteiger partial charge is 0.412 e. The van der Waals surface area contributed by atoms with Crippen molar-refractivity contribution in [1.82, 2.24) is 43.8 Å². The van der Waals surface area contributed by atoms with Gasteiger partial charge in [0.05, 0.1) is 34.5 Å². The van der Waals surface area contributed by atoms with E-state index in [9.17, 15) is 4.79 Å². The van der Waals surface area contributed by atoms with Crippen LogP contribution in [0.1, 0.15) is 45.1 Å². The number of hydrogen-bond donors (Lipinski definition) is 0. The summed E-state index contributed by atoms with van der Waals surface area (Å²) in [5.41, 5.74) is 6.09. The molecule has 0 aromatic carbocycles. The van der Waals surface area contributed by atoms with E-state index in [-0.39, 0.29) is 17.7 Å². The first kappa shape index (κ1) is 20.7. The zero-order valence-electron chi connectivity index (χ0n) is 18.9. The molecule has 6 rings (SSSR count). The smallest absolute Gasteiger partial charge is 0.312 e. The van der Waals surface area contributed by atoms with Crippen molar-refractivity contribution in [2.45, 2.75) is 26.3 Å². The Morgan fingerprint density at radius 2 is 2.09 bits per heavy atom. The lowest BCUT2D eigenvalue weighted by Gasteiger charge is -2.33. The Labute approximate surface area is 196 Å². The third-order valence-electron chi connectivity index (χ3n) is 6.21. The van der Waals surface area contributed by atoms with E-state index in [1.54, 1.807) is 22.1 Å². The Balaban J connectivity index is 1.42. The van der Waals surface area contributed by atoms with Crippen molar-refractivity contribution in [2.24, 2.45) is 7.05 Å². The predicted octanol–water partition coefficient (Wildman–Crippen LogP) is 2.36. The zero-order chi connectivity index (χ0) is 23.6. The second-order valence-corrected chi connectivity index (χ2v) is 9.00. The molecule has 5 aromatic rings. The van der Waals surface area contributed by atoms with Crippen LogP contribution in [-0.4, -0.2) is 56.3 Å². The summed E-state index contributed by atoms with van der Waals surface area (Å²) < 4.78 is 11.2. The summed E-state index contributed by atoms with van der Waals surface area (Å²) in [7, 11) is 4.47. The maximum Gasteiger partial charge on any atom is 0.312 e. The summed E-state index contributed by atoms with van der Waals surface area (Å²) >= 11 is 0. The maximum absolute atomic E-state index is 13.7. The number of rotatable bonds is 3. The lowest BCUT2D eigenvalue weighted by molar-refractivity contribution is 0.0646. The summed E-state index contributed by atoms with van der Waals surface area (Å²) in [6, 6.07) is 5.52. The van der Waals surface area contributed by atoms with Crippen LogP contribution in [-0.2, 0) is 13.5 Å². The fourth-order valence-corrected chi connectivity index (χ4v) is 4.90. The summed E-state index contributed by atoms with van der Waals surface area (Å²) in [6.07, 6.45) is 6.08. The molecule has 1 aliphatic rings. The van der Waals surface area contributed by atoms with Crippen molar-refractivity contribution < 1.29 is 9.21 Å². The first-order valence-electron chi connectivity index (χ1n) is 10.8. The highest BCUT2D eigenvalue weighted by molar-refractivity contribution is 7.14. The number of carbonyl (C=O) groups excluding carboxylic acids is 1. The molecule has 0 saturated carbocycles. The highest BCUT2D eigenvalue weighted by Gasteiger charge is 2.39. The topological polar surface area (TPSA) is 112 Å². The van der Waals surface area contributed by atoms with E-state index in [0.717, 1.165) is 33.9 Å². The average molecular weight is 475 g/mol. The molecule has 0 radical (unpaired) electrons. The first-order valence-corrected chi connectivity index (χ1v) is 11.3. The minimum absolute atomic E-state index is 0.0723. The molecule has 34 heavy (non-hydrogen) atoms. The van der Waals surface area contributed by atoms with Gasteiger partial charge in [-0.05, 0) is 40.9 Å². The van der Waals surface area contributed by atoms with Gasteiger partial charge in [0.1, 0.15) is 6.04 Å². The van der Waals surface area contributed by atoms with Crippen molar-refractivity contribution in [3.05, 3.63) is 71.1 Å². The Hall–Kier alpha value is -3.85. The predicted molar refractivity (Wildman–Crippen MR) is 125 cm³/mol. The Morgan fingerprint density at radius 1 is 1.24 bits per heavy atom. The van der Waals surface area contributed by atoms with Gasteiger partial charge in [0.15, 0.2) is 0 Å². The van der Waals surface area contributed by atoms with Crippen LogP contribution >= 0.6 is 9.39 Å². The Kier molecular flexibility index (Phi) is 4.63. The fourth-order valence-electron chi connectivity index (χ4n) is 4.57. The quantitative estimate of drug-likeness (QED) is 0.368. The molecular formula is C22H22N9O2P. The van der Waals surface area contributed by atoms with Crippen LogP contribution in [0.3, 0.4) is 0 Å². The van der Waals surface area contributed by atoms with E-state index in [1.165, 1.54) is 0 Å². The van der Waals surface area contributed by atoms with Gasteiger partial charge in [-0.15, -0.1) is 10.2 Å². The van der Waals surface area contributed by atoms with Crippen LogP contribution in [0.15, 0.2) is 41.3 Å². The first-order chi connectivity index (χ1) is 16.4. The molecule has 5 aromatic heterocycles. The van der Waals surface area contributed by atoms with Gasteiger partial charge in [-0.1, -0.05) is 6.07 Å². The highest BCUT2D eigenvalue weighted by atomic mass is 31.0. The lowest BCUT2D eigenvalue weighted by Crippen LogP contribution is -2.41. The third-order valence-corrected chi connectivity index (χ3v) is 6.66. The molecule has 0 N–H and O–H groups in total. The molecule has 0 fully saturated rings. The average Bonchev–Trinajstić information content (AvgIpc) is 3.59. The highest BCUT2D eigenvalue weighted by Crippen LogP contribution is 2.36. The van der Waals surface area contributed by atoms with Gasteiger partial charge in [-0.2, -0.15) is 10.2 Å². The maximum atomic E-state index is 13.7. The third kappa shape index (κ3) is 3.15. The Bertz CT molecular complexity index is 1560. The van der Waals surface area contributed by atoms with E-state index in [4.69, 9.17) is 9.52 Å². The van der Waals surface area contributed by atoms with E-state index in [1.807, 2.05) is 54.1 Å². The normalized spacial score (nSPS) is 15.8. The van der Waals surface area contributed by atoms with E-state index >= 15 is 0 Å². The van der Waals surface area contributed by atoms with Crippen molar-refractivity contribution in [3.63, 3.8) is 0 Å².